The Morgan fingerprint density at radius 3 is 2.68 bits per heavy atom. The van der Waals surface area contributed by atoms with E-state index in [2.05, 4.69) is 19.4 Å². The summed E-state index contributed by atoms with van der Waals surface area (Å²) >= 11 is 0. The molecule has 1 aliphatic carbocycles. The lowest BCUT2D eigenvalue weighted by molar-refractivity contribution is -0.136. The highest BCUT2D eigenvalue weighted by atomic mass is 16.2. The Labute approximate surface area is 149 Å². The van der Waals surface area contributed by atoms with E-state index >= 15 is 0 Å². The standard InChI is InChI=1S/C20H26N4O/c25-20(17-4-1-2-5-17)24-12-3-6-18(15-24)19-22-11-13-23(19)14-16-7-9-21-10-8-16/h7-11,13,17-18H,1-6,12,14-15H2/t18-/m0/s1. The Morgan fingerprint density at radius 1 is 1.08 bits per heavy atom. The van der Waals surface area contributed by atoms with E-state index < -0.39 is 0 Å². The number of rotatable bonds is 4. The summed E-state index contributed by atoms with van der Waals surface area (Å²) in [7, 11) is 0. The van der Waals surface area contributed by atoms with E-state index in [9.17, 15) is 4.79 Å². The minimum absolute atomic E-state index is 0.273. The highest BCUT2D eigenvalue weighted by Gasteiger charge is 2.32. The van der Waals surface area contributed by atoms with Crippen LogP contribution in [0.25, 0.3) is 0 Å². The number of likely N-dealkylation sites (tertiary alicyclic amines) is 1. The topological polar surface area (TPSA) is 51.0 Å². The molecule has 0 radical (unpaired) electrons. The summed E-state index contributed by atoms with van der Waals surface area (Å²) in [5, 5.41) is 0. The van der Waals surface area contributed by atoms with Crippen molar-refractivity contribution in [3.05, 3.63) is 48.3 Å². The summed E-state index contributed by atoms with van der Waals surface area (Å²) in [6.07, 6.45) is 14.4. The first kappa shape index (κ1) is 16.3. The number of hydrogen-bond acceptors (Lipinski definition) is 3. The van der Waals surface area contributed by atoms with Crippen LogP contribution in [0.5, 0.6) is 0 Å². The maximum atomic E-state index is 12.8. The largest absolute Gasteiger partial charge is 0.342 e. The van der Waals surface area contributed by atoms with Crippen molar-refractivity contribution in [1.82, 2.24) is 19.4 Å². The Balaban J connectivity index is 1.46. The fourth-order valence-electron chi connectivity index (χ4n) is 4.32. The van der Waals surface area contributed by atoms with E-state index in [4.69, 9.17) is 0 Å². The third-order valence-corrected chi connectivity index (χ3v) is 5.65. The Morgan fingerprint density at radius 2 is 1.88 bits per heavy atom. The molecule has 2 fully saturated rings. The van der Waals surface area contributed by atoms with Crippen LogP contribution in [0.4, 0.5) is 0 Å². The second-order valence-electron chi connectivity index (χ2n) is 7.37. The van der Waals surface area contributed by atoms with Gasteiger partial charge in [0.15, 0.2) is 0 Å². The summed E-state index contributed by atoms with van der Waals surface area (Å²) in [6, 6.07) is 4.08. The number of carbonyl (C=O) groups is 1. The van der Waals surface area contributed by atoms with Crippen molar-refractivity contribution < 1.29 is 4.79 Å². The Kier molecular flexibility index (Phi) is 4.81. The lowest BCUT2D eigenvalue weighted by Gasteiger charge is -2.34. The number of imidazole rings is 1. The molecule has 0 N–H and O–H groups in total. The van der Waals surface area contributed by atoms with E-state index in [1.165, 1.54) is 18.4 Å². The summed E-state index contributed by atoms with van der Waals surface area (Å²) in [5.41, 5.74) is 1.23. The minimum atomic E-state index is 0.273. The van der Waals surface area contributed by atoms with E-state index in [-0.39, 0.29) is 5.92 Å². The van der Waals surface area contributed by atoms with Crippen LogP contribution >= 0.6 is 0 Å². The molecule has 25 heavy (non-hydrogen) atoms. The van der Waals surface area contributed by atoms with Crippen molar-refractivity contribution in [2.75, 3.05) is 13.1 Å². The van der Waals surface area contributed by atoms with E-state index in [1.54, 1.807) is 0 Å². The Hall–Kier alpha value is -2.17. The van der Waals surface area contributed by atoms with Crippen LogP contribution in [0, 0.1) is 5.92 Å². The molecule has 0 aromatic carbocycles. The Bertz CT molecular complexity index is 705. The third-order valence-electron chi connectivity index (χ3n) is 5.65. The first-order chi connectivity index (χ1) is 12.3. The van der Waals surface area contributed by atoms with Crippen molar-refractivity contribution in [2.45, 2.75) is 51.0 Å². The van der Waals surface area contributed by atoms with Gasteiger partial charge in [0.05, 0.1) is 0 Å². The van der Waals surface area contributed by atoms with Gasteiger partial charge in [0.25, 0.3) is 0 Å². The summed E-state index contributed by atoms with van der Waals surface area (Å²) in [6.45, 7) is 2.55. The van der Waals surface area contributed by atoms with Gasteiger partial charge >= 0.3 is 0 Å². The normalized spacial score (nSPS) is 21.6. The van der Waals surface area contributed by atoms with E-state index in [0.29, 0.717) is 11.8 Å². The van der Waals surface area contributed by atoms with Crippen molar-refractivity contribution in [2.24, 2.45) is 5.92 Å². The fourth-order valence-corrected chi connectivity index (χ4v) is 4.32. The molecule has 2 aromatic rings. The molecule has 1 saturated carbocycles. The lowest BCUT2D eigenvalue weighted by atomic mass is 9.95. The van der Waals surface area contributed by atoms with E-state index in [1.807, 2.05) is 36.9 Å². The first-order valence-corrected chi connectivity index (χ1v) is 9.50. The number of amides is 1. The van der Waals surface area contributed by atoms with Gasteiger partial charge in [0.2, 0.25) is 5.91 Å². The average molecular weight is 338 g/mol. The number of aromatic nitrogens is 3. The molecule has 1 amide bonds. The molecule has 132 valence electrons. The predicted molar refractivity (Wildman–Crippen MR) is 96.1 cm³/mol. The van der Waals surface area contributed by atoms with Gasteiger partial charge in [-0.3, -0.25) is 9.78 Å². The zero-order valence-corrected chi connectivity index (χ0v) is 14.7. The number of nitrogens with zero attached hydrogens (tertiary/aromatic N) is 4. The van der Waals surface area contributed by atoms with Gasteiger partial charge in [-0.15, -0.1) is 0 Å². The molecule has 2 aliphatic rings. The average Bonchev–Trinajstić information content (AvgIpc) is 3.34. The van der Waals surface area contributed by atoms with Crippen LogP contribution in [0.3, 0.4) is 0 Å². The minimum Gasteiger partial charge on any atom is -0.342 e. The van der Waals surface area contributed by atoms with Crippen molar-refractivity contribution in [1.29, 1.82) is 0 Å². The first-order valence-electron chi connectivity index (χ1n) is 9.50. The van der Waals surface area contributed by atoms with Gasteiger partial charge in [0.1, 0.15) is 5.82 Å². The van der Waals surface area contributed by atoms with Crippen LogP contribution in [0.15, 0.2) is 36.9 Å². The monoisotopic (exact) mass is 338 g/mol. The molecular weight excluding hydrogens is 312 g/mol. The van der Waals surface area contributed by atoms with Crippen LogP contribution in [0.1, 0.15) is 55.8 Å². The second-order valence-corrected chi connectivity index (χ2v) is 7.37. The lowest BCUT2D eigenvalue weighted by Crippen LogP contribution is -2.42. The predicted octanol–water partition coefficient (Wildman–Crippen LogP) is 3.22. The van der Waals surface area contributed by atoms with Gasteiger partial charge in [-0.2, -0.15) is 0 Å². The zero-order chi connectivity index (χ0) is 17.1. The maximum Gasteiger partial charge on any atom is 0.225 e. The molecule has 0 spiro atoms. The van der Waals surface area contributed by atoms with Crippen molar-refractivity contribution >= 4 is 5.91 Å². The molecule has 4 rings (SSSR count). The highest BCUT2D eigenvalue weighted by Crippen LogP contribution is 2.31. The van der Waals surface area contributed by atoms with Crippen LogP contribution in [-0.2, 0) is 11.3 Å². The smallest absolute Gasteiger partial charge is 0.225 e. The highest BCUT2D eigenvalue weighted by molar-refractivity contribution is 5.79. The molecule has 1 aliphatic heterocycles. The second kappa shape index (κ2) is 7.38. The molecule has 0 bridgehead atoms. The van der Waals surface area contributed by atoms with Gasteiger partial charge in [-0.25, -0.2) is 4.98 Å². The molecule has 5 heteroatoms. The quantitative estimate of drug-likeness (QED) is 0.860. The van der Waals surface area contributed by atoms with Gasteiger partial charge in [-0.1, -0.05) is 12.8 Å². The maximum absolute atomic E-state index is 12.8. The summed E-state index contributed by atoms with van der Waals surface area (Å²) in [5.74, 6) is 2.11. The summed E-state index contributed by atoms with van der Waals surface area (Å²) < 4.78 is 2.23. The summed E-state index contributed by atoms with van der Waals surface area (Å²) in [4.78, 5) is 23.6. The fraction of sp³-hybridized carbons (Fsp3) is 0.550. The molecule has 0 unspecified atom stereocenters. The van der Waals surface area contributed by atoms with Crippen LogP contribution in [-0.4, -0.2) is 38.4 Å². The third kappa shape index (κ3) is 3.60. The molecular formula is C20H26N4O. The SMILES string of the molecule is O=C(C1CCCC1)N1CCC[C@H](c2nccn2Cc2ccncc2)C1. The van der Waals surface area contributed by atoms with Crippen molar-refractivity contribution in [3.8, 4) is 0 Å². The van der Waals surface area contributed by atoms with Gasteiger partial charge < -0.3 is 9.47 Å². The zero-order valence-electron chi connectivity index (χ0n) is 14.7. The molecule has 3 heterocycles. The number of pyridine rings is 1. The number of carbonyl (C=O) groups excluding carboxylic acids is 1. The number of piperidine rings is 1. The molecule has 2 aromatic heterocycles. The van der Waals surface area contributed by atoms with Crippen LogP contribution in [0.2, 0.25) is 0 Å². The number of hydrogen-bond donors (Lipinski definition) is 0. The van der Waals surface area contributed by atoms with Crippen molar-refractivity contribution in [3.63, 3.8) is 0 Å². The van der Waals surface area contributed by atoms with Gasteiger partial charge in [0, 0.05) is 56.3 Å². The molecule has 1 saturated heterocycles. The molecule has 1 atom stereocenters. The van der Waals surface area contributed by atoms with Crippen LogP contribution < -0.4 is 0 Å². The van der Waals surface area contributed by atoms with Gasteiger partial charge in [-0.05, 0) is 43.4 Å². The molecule has 5 nitrogen and oxygen atoms in total. The van der Waals surface area contributed by atoms with E-state index in [0.717, 1.165) is 51.1 Å².